The summed E-state index contributed by atoms with van der Waals surface area (Å²) < 4.78 is 10.8. The van der Waals surface area contributed by atoms with Crippen LogP contribution >= 0.6 is 12.2 Å². The fraction of sp³-hybridized carbons (Fsp3) is 0.450. The number of hydrogen-bond donors (Lipinski definition) is 2. The summed E-state index contributed by atoms with van der Waals surface area (Å²) in [5.41, 5.74) is 1.16. The minimum atomic E-state index is -1.06. The summed E-state index contributed by atoms with van der Waals surface area (Å²) in [5.74, 6) is -0.404. The zero-order valence-electron chi connectivity index (χ0n) is 15.8. The number of carboxylic acids is 1. The Balaban J connectivity index is 1.80. The molecule has 1 heterocycles. The molecule has 2 N–H and O–H groups in total. The minimum Gasteiger partial charge on any atom is -0.490 e. The highest BCUT2D eigenvalue weighted by Crippen LogP contribution is 2.31. The van der Waals surface area contributed by atoms with Gasteiger partial charge in [0.25, 0.3) is 5.91 Å². The Kier molecular flexibility index (Phi) is 6.51. The first-order valence-electron chi connectivity index (χ1n) is 9.47. The molecule has 7 nitrogen and oxygen atoms in total. The van der Waals surface area contributed by atoms with Gasteiger partial charge >= 0.3 is 5.97 Å². The Bertz CT molecular complexity index is 802. The van der Waals surface area contributed by atoms with Gasteiger partial charge in [-0.15, -0.1) is 0 Å². The predicted molar refractivity (Wildman–Crippen MR) is 108 cm³/mol. The lowest BCUT2D eigenvalue weighted by Crippen LogP contribution is -2.41. The molecule has 1 aromatic carbocycles. The Morgan fingerprint density at radius 1 is 1.29 bits per heavy atom. The fourth-order valence-corrected chi connectivity index (χ4v) is 3.87. The SMILES string of the molecule is CCOc1cc(/C=C2\NC(=S)N(C3CCCCC3)C2=O)ccc1OCC(=O)O. The number of carbonyl (C=O) groups is 2. The zero-order chi connectivity index (χ0) is 20.1. The molecule has 0 unspecified atom stereocenters. The highest BCUT2D eigenvalue weighted by Gasteiger charge is 2.36. The predicted octanol–water partition coefficient (Wildman–Crippen LogP) is 2.94. The van der Waals surface area contributed by atoms with E-state index in [1.165, 1.54) is 6.42 Å². The van der Waals surface area contributed by atoms with Gasteiger partial charge in [-0.25, -0.2) is 4.79 Å². The minimum absolute atomic E-state index is 0.110. The Morgan fingerprint density at radius 3 is 2.71 bits per heavy atom. The number of hydrogen-bond acceptors (Lipinski definition) is 5. The summed E-state index contributed by atoms with van der Waals surface area (Å²) in [5, 5.41) is 12.3. The largest absolute Gasteiger partial charge is 0.490 e. The first-order valence-corrected chi connectivity index (χ1v) is 9.88. The van der Waals surface area contributed by atoms with Crippen LogP contribution in [-0.2, 0) is 9.59 Å². The molecular weight excluding hydrogens is 380 g/mol. The Morgan fingerprint density at radius 2 is 2.04 bits per heavy atom. The highest BCUT2D eigenvalue weighted by atomic mass is 32.1. The summed E-state index contributed by atoms with van der Waals surface area (Å²) in [4.78, 5) is 25.3. The van der Waals surface area contributed by atoms with Crippen LogP contribution < -0.4 is 14.8 Å². The van der Waals surface area contributed by atoms with E-state index in [-0.39, 0.29) is 11.9 Å². The number of thiocarbonyl (C=S) groups is 1. The maximum Gasteiger partial charge on any atom is 0.341 e. The standard InChI is InChI=1S/C20H24N2O5S/c1-2-26-17-11-13(8-9-16(17)27-12-18(23)24)10-15-19(25)22(20(28)21-15)14-6-4-3-5-7-14/h8-11,14H,2-7,12H2,1H3,(H,21,28)(H,23,24)/b15-10-. The van der Waals surface area contributed by atoms with Gasteiger partial charge in [-0.05, 0) is 55.8 Å². The molecule has 2 fully saturated rings. The number of carboxylic acid groups (broad SMARTS) is 1. The number of nitrogens with one attached hydrogen (secondary N) is 1. The van der Waals surface area contributed by atoms with Crippen LogP contribution in [-0.4, -0.2) is 46.3 Å². The summed E-state index contributed by atoms with van der Waals surface area (Å²) in [6.07, 6.45) is 7.12. The van der Waals surface area contributed by atoms with E-state index < -0.39 is 12.6 Å². The lowest BCUT2D eigenvalue weighted by Gasteiger charge is -2.29. The average Bonchev–Trinajstić information content (AvgIpc) is 2.95. The van der Waals surface area contributed by atoms with E-state index in [0.717, 1.165) is 31.2 Å². The maximum absolute atomic E-state index is 12.9. The molecular formula is C20H24N2O5S. The Labute approximate surface area is 169 Å². The third-order valence-electron chi connectivity index (χ3n) is 4.78. The van der Waals surface area contributed by atoms with Gasteiger partial charge in [-0.1, -0.05) is 25.3 Å². The van der Waals surface area contributed by atoms with E-state index in [1.807, 2.05) is 6.92 Å². The van der Waals surface area contributed by atoms with Gasteiger partial charge in [-0.3, -0.25) is 9.69 Å². The molecule has 1 amide bonds. The van der Waals surface area contributed by atoms with Crippen molar-refractivity contribution in [2.24, 2.45) is 0 Å². The molecule has 0 radical (unpaired) electrons. The third-order valence-corrected chi connectivity index (χ3v) is 5.08. The van der Waals surface area contributed by atoms with Crippen LogP contribution in [0.1, 0.15) is 44.6 Å². The quantitative estimate of drug-likeness (QED) is 0.534. The summed E-state index contributed by atoms with van der Waals surface area (Å²) in [7, 11) is 0. The summed E-state index contributed by atoms with van der Waals surface area (Å²) in [6, 6.07) is 5.26. The number of benzene rings is 1. The van der Waals surface area contributed by atoms with Crippen molar-refractivity contribution in [2.45, 2.75) is 45.1 Å². The summed E-state index contributed by atoms with van der Waals surface area (Å²) >= 11 is 5.39. The lowest BCUT2D eigenvalue weighted by atomic mass is 9.94. The molecule has 0 spiro atoms. The first-order chi connectivity index (χ1) is 13.5. The molecule has 8 heteroatoms. The average molecular weight is 404 g/mol. The van der Waals surface area contributed by atoms with Crippen molar-refractivity contribution in [2.75, 3.05) is 13.2 Å². The van der Waals surface area contributed by atoms with Gasteiger partial charge in [-0.2, -0.15) is 0 Å². The van der Waals surface area contributed by atoms with Crippen LogP contribution in [0.2, 0.25) is 0 Å². The molecule has 1 saturated heterocycles. The lowest BCUT2D eigenvalue weighted by molar-refractivity contribution is -0.139. The molecule has 150 valence electrons. The van der Waals surface area contributed by atoms with Crippen molar-refractivity contribution in [3.8, 4) is 11.5 Å². The second-order valence-electron chi connectivity index (χ2n) is 6.78. The van der Waals surface area contributed by atoms with Crippen molar-refractivity contribution < 1.29 is 24.2 Å². The molecule has 1 aliphatic carbocycles. The highest BCUT2D eigenvalue weighted by molar-refractivity contribution is 7.80. The van der Waals surface area contributed by atoms with Crippen molar-refractivity contribution in [3.05, 3.63) is 29.5 Å². The molecule has 2 aliphatic rings. The number of ether oxygens (including phenoxy) is 2. The normalized spacial score (nSPS) is 19.0. The van der Waals surface area contributed by atoms with Crippen LogP contribution in [0.15, 0.2) is 23.9 Å². The zero-order valence-corrected chi connectivity index (χ0v) is 16.6. The number of rotatable bonds is 7. The number of amides is 1. The third kappa shape index (κ3) is 4.62. The molecule has 0 bridgehead atoms. The smallest absolute Gasteiger partial charge is 0.341 e. The molecule has 28 heavy (non-hydrogen) atoms. The van der Waals surface area contributed by atoms with Crippen molar-refractivity contribution in [1.82, 2.24) is 10.2 Å². The van der Waals surface area contributed by atoms with Gasteiger partial charge in [0.1, 0.15) is 5.70 Å². The van der Waals surface area contributed by atoms with E-state index in [1.54, 1.807) is 29.2 Å². The van der Waals surface area contributed by atoms with Crippen LogP contribution in [0, 0.1) is 0 Å². The van der Waals surface area contributed by atoms with Crippen LogP contribution in [0.25, 0.3) is 6.08 Å². The van der Waals surface area contributed by atoms with Crippen molar-refractivity contribution in [3.63, 3.8) is 0 Å². The monoisotopic (exact) mass is 404 g/mol. The molecule has 1 aromatic rings. The fourth-order valence-electron chi connectivity index (χ4n) is 3.53. The first kappa shape index (κ1) is 20.1. The number of nitrogens with zero attached hydrogens (tertiary/aromatic N) is 1. The Hall–Kier alpha value is -2.61. The molecule has 1 saturated carbocycles. The van der Waals surface area contributed by atoms with Gasteiger partial charge < -0.3 is 19.9 Å². The van der Waals surface area contributed by atoms with Crippen LogP contribution in [0.5, 0.6) is 11.5 Å². The van der Waals surface area contributed by atoms with E-state index >= 15 is 0 Å². The second kappa shape index (κ2) is 9.05. The van der Waals surface area contributed by atoms with Gasteiger partial charge in [0.15, 0.2) is 23.2 Å². The van der Waals surface area contributed by atoms with E-state index in [4.69, 9.17) is 26.8 Å². The van der Waals surface area contributed by atoms with Crippen molar-refractivity contribution >= 4 is 35.3 Å². The van der Waals surface area contributed by atoms with Crippen molar-refractivity contribution in [1.29, 1.82) is 0 Å². The van der Waals surface area contributed by atoms with Crippen LogP contribution in [0.3, 0.4) is 0 Å². The van der Waals surface area contributed by atoms with Crippen LogP contribution in [0.4, 0.5) is 0 Å². The topological polar surface area (TPSA) is 88.1 Å². The molecule has 1 aliphatic heterocycles. The maximum atomic E-state index is 12.9. The molecule has 0 aromatic heterocycles. The molecule has 3 rings (SSSR count). The van der Waals surface area contributed by atoms with E-state index in [2.05, 4.69) is 5.32 Å². The molecule has 0 atom stereocenters. The van der Waals surface area contributed by atoms with Gasteiger partial charge in [0, 0.05) is 6.04 Å². The second-order valence-corrected chi connectivity index (χ2v) is 7.16. The van der Waals surface area contributed by atoms with Gasteiger partial charge in [0.05, 0.1) is 6.61 Å². The summed E-state index contributed by atoms with van der Waals surface area (Å²) in [6.45, 7) is 1.78. The number of aliphatic carboxylic acids is 1. The van der Waals surface area contributed by atoms with Gasteiger partial charge in [0.2, 0.25) is 0 Å². The van der Waals surface area contributed by atoms with E-state index in [0.29, 0.717) is 28.9 Å². The number of carbonyl (C=O) groups excluding carboxylic acids is 1. The van der Waals surface area contributed by atoms with E-state index in [9.17, 15) is 9.59 Å².